The van der Waals surface area contributed by atoms with E-state index >= 15 is 0 Å². The molecule has 0 aromatic rings. The van der Waals surface area contributed by atoms with E-state index in [4.69, 9.17) is 10.6 Å². The summed E-state index contributed by atoms with van der Waals surface area (Å²) in [5.74, 6) is 4.03. The molecule has 0 heterocycles. The molecule has 0 spiro atoms. The molecule has 2 N–H and O–H groups in total. The molecule has 0 saturated heterocycles. The highest BCUT2D eigenvalue weighted by molar-refractivity contribution is 5.88. The lowest BCUT2D eigenvalue weighted by molar-refractivity contribution is -0.138. The van der Waals surface area contributed by atoms with Crippen LogP contribution in [0.25, 0.3) is 0 Å². The fourth-order valence-electron chi connectivity index (χ4n) is 7.92. The van der Waals surface area contributed by atoms with Gasteiger partial charge in [-0.3, -0.25) is 4.79 Å². The lowest BCUT2D eigenvalue weighted by atomic mass is 9.43. The van der Waals surface area contributed by atoms with Gasteiger partial charge in [0.05, 0.1) is 5.71 Å². The molecule has 0 aliphatic heterocycles. The maximum atomic E-state index is 12.6. The minimum absolute atomic E-state index is 0.00807. The average Bonchev–Trinajstić information content (AvgIpc) is 2.97. The number of ketones is 1. The van der Waals surface area contributed by atoms with Crippen molar-refractivity contribution in [2.75, 3.05) is 13.2 Å². The highest BCUT2D eigenvalue weighted by Crippen LogP contribution is 2.66. The second-order valence-electron chi connectivity index (χ2n) is 10.2. The van der Waals surface area contributed by atoms with Crippen molar-refractivity contribution in [2.45, 2.75) is 78.6 Å². The van der Waals surface area contributed by atoms with Gasteiger partial charge in [-0.2, -0.15) is 0 Å². The first-order valence-corrected chi connectivity index (χ1v) is 11.4. The van der Waals surface area contributed by atoms with Gasteiger partial charge in [-0.05, 0) is 80.5 Å². The molecule has 0 bridgehead atoms. The number of rotatable bonds is 4. The number of fused-ring (bicyclic) bond motifs is 5. The third-order valence-electron chi connectivity index (χ3n) is 9.32. The van der Waals surface area contributed by atoms with E-state index in [0.29, 0.717) is 36.2 Å². The van der Waals surface area contributed by atoms with Crippen molar-refractivity contribution in [1.82, 2.24) is 0 Å². The molecule has 4 rings (SSSR count). The first-order valence-electron chi connectivity index (χ1n) is 11.4. The molecule has 27 heavy (non-hydrogen) atoms. The Labute approximate surface area is 164 Å². The summed E-state index contributed by atoms with van der Waals surface area (Å²) in [6.45, 7) is 8.22. The molecular weight excluding hydrogens is 336 g/mol. The number of hydrogen-bond acceptors (Lipinski definition) is 4. The summed E-state index contributed by atoms with van der Waals surface area (Å²) in [7, 11) is 0. The van der Waals surface area contributed by atoms with E-state index in [1.54, 1.807) is 0 Å². The van der Waals surface area contributed by atoms with Crippen LogP contribution in [-0.4, -0.2) is 24.6 Å². The summed E-state index contributed by atoms with van der Waals surface area (Å²) in [5, 5.41) is 4.52. The van der Waals surface area contributed by atoms with E-state index in [-0.39, 0.29) is 5.41 Å². The topological polar surface area (TPSA) is 64.7 Å². The minimum Gasteiger partial charge on any atom is -0.394 e. The van der Waals surface area contributed by atoms with Crippen molar-refractivity contribution < 1.29 is 9.63 Å². The predicted molar refractivity (Wildman–Crippen MR) is 108 cm³/mol. The van der Waals surface area contributed by atoms with Crippen LogP contribution in [-0.2, 0) is 9.63 Å². The molecule has 1 unspecified atom stereocenters. The first-order chi connectivity index (χ1) is 13.0. The molecule has 7 atom stereocenters. The normalized spacial score (nSPS) is 48.1. The van der Waals surface area contributed by atoms with E-state index in [0.717, 1.165) is 49.9 Å². The van der Waals surface area contributed by atoms with E-state index < -0.39 is 0 Å². The fourth-order valence-corrected chi connectivity index (χ4v) is 7.92. The predicted octanol–water partition coefficient (Wildman–Crippen LogP) is 4.57. The van der Waals surface area contributed by atoms with Crippen LogP contribution in [0.2, 0.25) is 0 Å². The van der Waals surface area contributed by atoms with E-state index in [9.17, 15) is 4.79 Å². The SMILES string of the molecule is CC[C@@H]1/C(=N/OCCN)CC[C@@]2(C)C1CC[C@@H]1[C@@H]2CC[C@]2(C)C(=O)CC[C@@H]12. The zero-order chi connectivity index (χ0) is 19.2. The van der Waals surface area contributed by atoms with Crippen molar-refractivity contribution in [2.24, 2.45) is 51.3 Å². The van der Waals surface area contributed by atoms with Gasteiger partial charge in [0.2, 0.25) is 0 Å². The number of carbonyl (C=O) groups is 1. The van der Waals surface area contributed by atoms with Crippen LogP contribution in [0.1, 0.15) is 78.6 Å². The molecule has 0 amide bonds. The van der Waals surface area contributed by atoms with Gasteiger partial charge < -0.3 is 10.6 Å². The van der Waals surface area contributed by atoms with Crippen LogP contribution < -0.4 is 5.73 Å². The van der Waals surface area contributed by atoms with Crippen LogP contribution in [0, 0.1) is 40.4 Å². The van der Waals surface area contributed by atoms with Crippen LogP contribution in [0.4, 0.5) is 0 Å². The Hall–Kier alpha value is -0.900. The van der Waals surface area contributed by atoms with Crippen molar-refractivity contribution in [3.8, 4) is 0 Å². The van der Waals surface area contributed by atoms with Gasteiger partial charge in [-0.1, -0.05) is 25.9 Å². The highest BCUT2D eigenvalue weighted by Gasteiger charge is 2.61. The minimum atomic E-state index is -0.00807. The molecule has 4 saturated carbocycles. The second-order valence-corrected chi connectivity index (χ2v) is 10.2. The Kier molecular flexibility index (Phi) is 5.15. The van der Waals surface area contributed by atoms with Gasteiger partial charge in [-0.25, -0.2) is 0 Å². The highest BCUT2D eigenvalue weighted by atomic mass is 16.6. The van der Waals surface area contributed by atoms with Crippen LogP contribution in [0.3, 0.4) is 0 Å². The molecule has 4 nitrogen and oxygen atoms in total. The van der Waals surface area contributed by atoms with Crippen LogP contribution in [0.5, 0.6) is 0 Å². The molecule has 0 radical (unpaired) electrons. The standard InChI is InChI=1S/C23H38N2O2/c1-4-15-17-6-5-16-18-7-8-21(26)23(18,3)11-9-19(16)22(17,2)12-10-20(15)25-27-14-13-24/h15-19H,4-14,24H2,1-3H3/b25-20+/t15-,16-,17?,18-,19-,22-,23-/m0/s1. The maximum absolute atomic E-state index is 12.6. The van der Waals surface area contributed by atoms with Gasteiger partial charge >= 0.3 is 0 Å². The molecule has 4 heteroatoms. The van der Waals surface area contributed by atoms with Crippen molar-refractivity contribution in [3.05, 3.63) is 0 Å². The van der Waals surface area contributed by atoms with Gasteiger partial charge in [0, 0.05) is 24.3 Å². The zero-order valence-electron chi connectivity index (χ0n) is 17.5. The number of nitrogens with zero attached hydrogens (tertiary/aromatic N) is 1. The summed E-state index contributed by atoms with van der Waals surface area (Å²) in [6.07, 6.45) is 10.4. The largest absolute Gasteiger partial charge is 0.394 e. The van der Waals surface area contributed by atoms with Gasteiger partial charge in [-0.15, -0.1) is 0 Å². The summed E-state index contributed by atoms with van der Waals surface area (Å²) < 4.78 is 0. The molecule has 0 aromatic heterocycles. The molecule has 4 aliphatic rings. The van der Waals surface area contributed by atoms with Crippen molar-refractivity contribution >= 4 is 11.5 Å². The molecule has 152 valence electrons. The third-order valence-corrected chi connectivity index (χ3v) is 9.32. The third kappa shape index (κ3) is 2.89. The Morgan fingerprint density at radius 1 is 1.07 bits per heavy atom. The summed E-state index contributed by atoms with van der Waals surface area (Å²) in [4.78, 5) is 18.1. The number of nitrogens with two attached hydrogens (primary N) is 1. The number of hydrogen-bond donors (Lipinski definition) is 1. The number of Topliss-reactive ketones (excluding diaryl/α,β-unsaturated/α-hetero) is 1. The monoisotopic (exact) mass is 374 g/mol. The van der Waals surface area contributed by atoms with Crippen LogP contribution in [0.15, 0.2) is 5.16 Å². The van der Waals surface area contributed by atoms with Gasteiger partial charge in [0.1, 0.15) is 12.4 Å². The Balaban J connectivity index is 1.58. The van der Waals surface area contributed by atoms with E-state index in [1.807, 2.05) is 0 Å². The van der Waals surface area contributed by atoms with Gasteiger partial charge in [0.15, 0.2) is 0 Å². The zero-order valence-corrected chi connectivity index (χ0v) is 17.5. The van der Waals surface area contributed by atoms with Gasteiger partial charge in [0.25, 0.3) is 0 Å². The lowest BCUT2D eigenvalue weighted by Gasteiger charge is -2.61. The maximum Gasteiger partial charge on any atom is 0.139 e. The first kappa shape index (κ1) is 19.4. The van der Waals surface area contributed by atoms with E-state index in [2.05, 4.69) is 25.9 Å². The molecule has 4 aliphatic carbocycles. The Bertz CT molecular complexity index is 617. The number of carbonyl (C=O) groups excluding carboxylic acids is 1. The summed E-state index contributed by atoms with van der Waals surface area (Å²) in [5.41, 5.74) is 7.24. The van der Waals surface area contributed by atoms with Crippen molar-refractivity contribution in [3.63, 3.8) is 0 Å². The molecular formula is C23H38N2O2. The summed E-state index contributed by atoms with van der Waals surface area (Å²) in [6, 6.07) is 0. The van der Waals surface area contributed by atoms with Crippen molar-refractivity contribution in [1.29, 1.82) is 0 Å². The fraction of sp³-hybridized carbons (Fsp3) is 0.913. The quantitative estimate of drug-likeness (QED) is 0.579. The molecule has 4 fully saturated rings. The Morgan fingerprint density at radius 2 is 1.89 bits per heavy atom. The van der Waals surface area contributed by atoms with Crippen LogP contribution >= 0.6 is 0 Å². The Morgan fingerprint density at radius 3 is 2.63 bits per heavy atom. The van der Waals surface area contributed by atoms with E-state index in [1.165, 1.54) is 31.4 Å². The average molecular weight is 375 g/mol. The number of oxime groups is 1. The molecule has 0 aromatic carbocycles. The summed E-state index contributed by atoms with van der Waals surface area (Å²) >= 11 is 0. The second kappa shape index (κ2) is 7.17. The lowest BCUT2D eigenvalue weighted by Crippen LogP contribution is -2.56. The smallest absolute Gasteiger partial charge is 0.139 e.